The van der Waals surface area contributed by atoms with Gasteiger partial charge in [-0.1, -0.05) is 24.3 Å². The fourth-order valence-electron chi connectivity index (χ4n) is 2.32. The smallest absolute Gasteiger partial charge is 0.244 e. The number of nitrogens with one attached hydrogen (secondary N) is 2. The molecule has 0 atom stereocenters. The molecule has 0 aliphatic rings. The zero-order chi connectivity index (χ0) is 17.5. The first-order valence-electron chi connectivity index (χ1n) is 8.11. The molecule has 25 heavy (non-hydrogen) atoms. The standard InChI is InChI=1S/C18H22N6O/c1-24(2)18-21-17(22-23-18)12-20-11-15-7-3-4-8-16(15)25-13-14-6-5-9-19-10-14/h3-10,20H,11-13H2,1-2H3,(H,21,22,23). The van der Waals surface area contributed by atoms with Crippen LogP contribution >= 0.6 is 0 Å². The van der Waals surface area contributed by atoms with Crippen LogP contribution in [0.25, 0.3) is 0 Å². The minimum absolute atomic E-state index is 0.499. The van der Waals surface area contributed by atoms with Crippen molar-refractivity contribution < 1.29 is 4.74 Å². The van der Waals surface area contributed by atoms with E-state index in [1.807, 2.05) is 55.5 Å². The highest BCUT2D eigenvalue weighted by Gasteiger charge is 2.06. The Morgan fingerprint density at radius 1 is 1.12 bits per heavy atom. The summed E-state index contributed by atoms with van der Waals surface area (Å²) in [5, 5.41) is 10.4. The van der Waals surface area contributed by atoms with Gasteiger partial charge in [0.05, 0.1) is 6.54 Å². The van der Waals surface area contributed by atoms with E-state index >= 15 is 0 Å². The molecule has 0 amide bonds. The summed E-state index contributed by atoms with van der Waals surface area (Å²) in [7, 11) is 3.83. The van der Waals surface area contributed by atoms with Gasteiger partial charge in [0, 0.05) is 44.2 Å². The number of benzene rings is 1. The molecule has 0 aliphatic heterocycles. The lowest BCUT2D eigenvalue weighted by atomic mass is 10.2. The second kappa shape index (κ2) is 8.25. The van der Waals surface area contributed by atoms with E-state index in [0.717, 1.165) is 22.7 Å². The maximum absolute atomic E-state index is 5.94. The molecule has 0 saturated heterocycles. The third-order valence-corrected chi connectivity index (χ3v) is 3.62. The number of aromatic amines is 1. The molecule has 7 heteroatoms. The lowest BCUT2D eigenvalue weighted by Gasteiger charge is -2.12. The monoisotopic (exact) mass is 338 g/mol. The summed E-state index contributed by atoms with van der Waals surface area (Å²) in [6, 6.07) is 11.9. The second-order valence-electron chi connectivity index (χ2n) is 5.84. The molecule has 3 rings (SSSR count). The summed E-state index contributed by atoms with van der Waals surface area (Å²) in [6.45, 7) is 1.79. The fraction of sp³-hybridized carbons (Fsp3) is 0.278. The summed E-state index contributed by atoms with van der Waals surface area (Å²) >= 11 is 0. The van der Waals surface area contributed by atoms with Gasteiger partial charge in [0.2, 0.25) is 5.95 Å². The molecular formula is C18H22N6O. The van der Waals surface area contributed by atoms with Crippen LogP contribution in [-0.4, -0.2) is 34.3 Å². The van der Waals surface area contributed by atoms with E-state index in [9.17, 15) is 0 Å². The number of hydrogen-bond acceptors (Lipinski definition) is 6. The molecule has 0 bridgehead atoms. The molecule has 0 radical (unpaired) electrons. The van der Waals surface area contributed by atoms with Gasteiger partial charge in [0.1, 0.15) is 18.2 Å². The van der Waals surface area contributed by atoms with Crippen LogP contribution in [0.2, 0.25) is 0 Å². The third-order valence-electron chi connectivity index (χ3n) is 3.62. The van der Waals surface area contributed by atoms with E-state index in [4.69, 9.17) is 4.74 Å². The van der Waals surface area contributed by atoms with E-state index in [2.05, 4.69) is 31.5 Å². The lowest BCUT2D eigenvalue weighted by Crippen LogP contribution is -2.15. The maximum Gasteiger partial charge on any atom is 0.244 e. The largest absolute Gasteiger partial charge is 0.489 e. The number of rotatable bonds is 8. The van der Waals surface area contributed by atoms with Crippen molar-refractivity contribution in [2.75, 3.05) is 19.0 Å². The van der Waals surface area contributed by atoms with Crippen molar-refractivity contribution in [3.8, 4) is 5.75 Å². The predicted octanol–water partition coefficient (Wildman–Crippen LogP) is 2.13. The first kappa shape index (κ1) is 16.9. The Kier molecular flexibility index (Phi) is 5.58. The van der Waals surface area contributed by atoms with E-state index in [1.165, 1.54) is 0 Å². The maximum atomic E-state index is 5.94. The van der Waals surface area contributed by atoms with Crippen LogP contribution in [0.5, 0.6) is 5.75 Å². The van der Waals surface area contributed by atoms with Crippen molar-refractivity contribution in [3.05, 3.63) is 65.7 Å². The Hall–Kier alpha value is -2.93. The van der Waals surface area contributed by atoms with Gasteiger partial charge < -0.3 is 15.0 Å². The average Bonchev–Trinajstić information content (AvgIpc) is 3.11. The Bertz CT molecular complexity index is 787. The minimum atomic E-state index is 0.499. The summed E-state index contributed by atoms with van der Waals surface area (Å²) in [4.78, 5) is 10.4. The molecule has 0 aliphatic carbocycles. The van der Waals surface area contributed by atoms with Crippen LogP contribution in [0.15, 0.2) is 48.8 Å². The molecule has 0 saturated carbocycles. The van der Waals surface area contributed by atoms with Crippen LogP contribution in [-0.2, 0) is 19.7 Å². The molecule has 130 valence electrons. The summed E-state index contributed by atoms with van der Waals surface area (Å²) in [5.74, 6) is 2.35. The number of pyridine rings is 1. The van der Waals surface area contributed by atoms with Crippen molar-refractivity contribution in [1.82, 2.24) is 25.5 Å². The topological polar surface area (TPSA) is 79.0 Å². The summed E-state index contributed by atoms with van der Waals surface area (Å²) < 4.78 is 5.94. The SMILES string of the molecule is CN(C)c1n[nH]c(CNCc2ccccc2OCc2cccnc2)n1. The number of hydrogen-bond donors (Lipinski definition) is 2. The summed E-state index contributed by atoms with van der Waals surface area (Å²) in [6.07, 6.45) is 3.57. The van der Waals surface area contributed by atoms with Crippen molar-refractivity contribution >= 4 is 5.95 Å². The van der Waals surface area contributed by atoms with Gasteiger partial charge in [-0.3, -0.25) is 10.1 Å². The quantitative estimate of drug-likeness (QED) is 0.655. The Morgan fingerprint density at radius 3 is 2.76 bits per heavy atom. The van der Waals surface area contributed by atoms with Crippen molar-refractivity contribution in [3.63, 3.8) is 0 Å². The van der Waals surface area contributed by atoms with Crippen LogP contribution in [0.3, 0.4) is 0 Å². The van der Waals surface area contributed by atoms with Gasteiger partial charge in [-0.25, -0.2) is 0 Å². The van der Waals surface area contributed by atoms with Crippen molar-refractivity contribution in [2.24, 2.45) is 0 Å². The fourth-order valence-corrected chi connectivity index (χ4v) is 2.32. The first-order valence-corrected chi connectivity index (χ1v) is 8.11. The summed E-state index contributed by atoms with van der Waals surface area (Å²) in [5.41, 5.74) is 2.14. The molecule has 0 fully saturated rings. The number of para-hydroxylation sites is 1. The Labute approximate surface area is 147 Å². The van der Waals surface area contributed by atoms with Crippen LogP contribution in [0, 0.1) is 0 Å². The molecule has 7 nitrogen and oxygen atoms in total. The molecule has 3 aromatic rings. The predicted molar refractivity (Wildman–Crippen MR) is 96.3 cm³/mol. The molecule has 2 aromatic heterocycles. The third kappa shape index (κ3) is 4.77. The molecule has 0 spiro atoms. The molecule has 1 aromatic carbocycles. The average molecular weight is 338 g/mol. The number of aromatic nitrogens is 4. The van der Waals surface area contributed by atoms with Gasteiger partial charge in [0.15, 0.2) is 0 Å². The van der Waals surface area contributed by atoms with Gasteiger partial charge in [0.25, 0.3) is 0 Å². The molecular weight excluding hydrogens is 316 g/mol. The first-order chi connectivity index (χ1) is 12.2. The van der Waals surface area contributed by atoms with Crippen LogP contribution in [0.1, 0.15) is 17.0 Å². The van der Waals surface area contributed by atoms with E-state index in [0.29, 0.717) is 25.6 Å². The van der Waals surface area contributed by atoms with Crippen molar-refractivity contribution in [1.29, 1.82) is 0 Å². The number of H-pyrrole nitrogens is 1. The van der Waals surface area contributed by atoms with Crippen LogP contribution in [0.4, 0.5) is 5.95 Å². The lowest BCUT2D eigenvalue weighted by molar-refractivity contribution is 0.301. The normalized spacial score (nSPS) is 10.6. The molecule has 2 heterocycles. The number of ether oxygens (including phenoxy) is 1. The van der Waals surface area contributed by atoms with Crippen molar-refractivity contribution in [2.45, 2.75) is 19.7 Å². The Morgan fingerprint density at radius 2 is 2.00 bits per heavy atom. The van der Waals surface area contributed by atoms with E-state index < -0.39 is 0 Å². The Balaban J connectivity index is 1.55. The highest BCUT2D eigenvalue weighted by Crippen LogP contribution is 2.19. The molecule has 2 N–H and O–H groups in total. The van der Waals surface area contributed by atoms with Gasteiger partial charge in [-0.15, -0.1) is 5.10 Å². The minimum Gasteiger partial charge on any atom is -0.489 e. The molecule has 0 unspecified atom stereocenters. The highest BCUT2D eigenvalue weighted by molar-refractivity contribution is 5.33. The van der Waals surface area contributed by atoms with Crippen LogP contribution < -0.4 is 15.0 Å². The van der Waals surface area contributed by atoms with Gasteiger partial charge in [-0.2, -0.15) is 4.98 Å². The van der Waals surface area contributed by atoms with E-state index in [1.54, 1.807) is 6.20 Å². The second-order valence-corrected chi connectivity index (χ2v) is 5.84. The van der Waals surface area contributed by atoms with Gasteiger partial charge in [-0.05, 0) is 12.1 Å². The number of anilines is 1. The highest BCUT2D eigenvalue weighted by atomic mass is 16.5. The van der Waals surface area contributed by atoms with E-state index in [-0.39, 0.29) is 0 Å². The van der Waals surface area contributed by atoms with Gasteiger partial charge >= 0.3 is 0 Å². The zero-order valence-electron chi connectivity index (χ0n) is 14.4. The number of nitrogens with zero attached hydrogens (tertiary/aromatic N) is 4. The zero-order valence-corrected chi connectivity index (χ0v) is 14.4.